The smallest absolute Gasteiger partial charge is 0.347 e. The Kier molecular flexibility index (Phi) is 6.42. The van der Waals surface area contributed by atoms with Crippen LogP contribution in [-0.2, 0) is 15.1 Å². The van der Waals surface area contributed by atoms with Crippen molar-refractivity contribution in [3.05, 3.63) is 114 Å². The molecule has 0 fully saturated rings. The van der Waals surface area contributed by atoms with Crippen LogP contribution in [0.15, 0.2) is 91.0 Å². The SMILES string of the molecule is Cc1cc(C)nc(OC(C(=O)O)C2(c3ccccc3)NCC(=O)N(c3ccccc3)c3ccccc32)n1. The van der Waals surface area contributed by atoms with E-state index < -0.39 is 17.6 Å². The standard InChI is InChI=1S/C29H26N4O4/c1-19-17-20(2)32-28(31-19)37-26(27(35)36)29(21-11-5-3-6-12-21)23-15-9-10-16-24(23)33(25(34)18-30-29)22-13-7-4-8-14-22/h3-17,26,30H,18H2,1-2H3,(H,35,36). The molecule has 2 unspecified atom stereocenters. The summed E-state index contributed by atoms with van der Waals surface area (Å²) in [6.45, 7) is 3.44. The van der Waals surface area contributed by atoms with E-state index in [4.69, 9.17) is 4.74 Å². The molecular weight excluding hydrogens is 468 g/mol. The van der Waals surface area contributed by atoms with Crippen molar-refractivity contribution in [1.29, 1.82) is 0 Å². The maximum atomic E-state index is 13.6. The van der Waals surface area contributed by atoms with E-state index in [0.29, 0.717) is 33.9 Å². The van der Waals surface area contributed by atoms with E-state index in [0.717, 1.165) is 0 Å². The van der Waals surface area contributed by atoms with Gasteiger partial charge in [0, 0.05) is 22.6 Å². The van der Waals surface area contributed by atoms with Gasteiger partial charge in [0.25, 0.3) is 0 Å². The van der Waals surface area contributed by atoms with Gasteiger partial charge in [0.15, 0.2) is 0 Å². The summed E-state index contributed by atoms with van der Waals surface area (Å²) in [5.41, 5.74) is 2.29. The van der Waals surface area contributed by atoms with Gasteiger partial charge in [0.2, 0.25) is 12.0 Å². The molecule has 1 aliphatic heterocycles. The maximum absolute atomic E-state index is 13.6. The molecule has 0 spiro atoms. The van der Waals surface area contributed by atoms with E-state index in [-0.39, 0.29) is 18.5 Å². The lowest BCUT2D eigenvalue weighted by Crippen LogP contribution is -2.58. The lowest BCUT2D eigenvalue weighted by molar-refractivity contribution is -0.149. The second-order valence-electron chi connectivity index (χ2n) is 8.88. The lowest BCUT2D eigenvalue weighted by Gasteiger charge is -2.39. The molecule has 1 aromatic heterocycles. The molecule has 2 heterocycles. The van der Waals surface area contributed by atoms with Gasteiger partial charge in [-0.1, -0.05) is 66.7 Å². The van der Waals surface area contributed by atoms with E-state index in [1.165, 1.54) is 0 Å². The Hall–Kier alpha value is -4.56. The van der Waals surface area contributed by atoms with Crippen LogP contribution < -0.4 is 15.0 Å². The highest BCUT2D eigenvalue weighted by molar-refractivity contribution is 6.03. The summed E-state index contributed by atoms with van der Waals surface area (Å²) in [5.74, 6) is -1.46. The monoisotopic (exact) mass is 494 g/mol. The first-order chi connectivity index (χ1) is 17.9. The van der Waals surface area contributed by atoms with E-state index in [2.05, 4.69) is 15.3 Å². The Balaban J connectivity index is 1.78. The fourth-order valence-electron chi connectivity index (χ4n) is 4.91. The summed E-state index contributed by atoms with van der Waals surface area (Å²) in [6, 6.07) is 27.5. The number of aliphatic carboxylic acids is 1. The van der Waals surface area contributed by atoms with Gasteiger partial charge in [0.1, 0.15) is 5.54 Å². The van der Waals surface area contributed by atoms with Crippen LogP contribution in [0.4, 0.5) is 11.4 Å². The number of fused-ring (bicyclic) bond motifs is 1. The van der Waals surface area contributed by atoms with Crippen LogP contribution >= 0.6 is 0 Å². The summed E-state index contributed by atoms with van der Waals surface area (Å²) in [4.78, 5) is 36.8. The first-order valence-corrected chi connectivity index (χ1v) is 11.9. The molecular formula is C29H26N4O4. The molecule has 4 aromatic rings. The number of para-hydroxylation sites is 2. The van der Waals surface area contributed by atoms with Crippen molar-refractivity contribution in [2.75, 3.05) is 11.4 Å². The van der Waals surface area contributed by atoms with Crippen molar-refractivity contribution in [3.63, 3.8) is 0 Å². The number of aromatic nitrogens is 2. The van der Waals surface area contributed by atoms with Gasteiger partial charge >= 0.3 is 12.0 Å². The number of carboxylic acid groups (broad SMARTS) is 1. The number of amides is 1. The van der Waals surface area contributed by atoms with Crippen LogP contribution in [-0.4, -0.2) is 39.6 Å². The topological polar surface area (TPSA) is 105 Å². The van der Waals surface area contributed by atoms with Crippen molar-refractivity contribution in [3.8, 4) is 6.01 Å². The van der Waals surface area contributed by atoms with E-state index >= 15 is 0 Å². The van der Waals surface area contributed by atoms with Crippen LogP contribution in [0.25, 0.3) is 0 Å². The number of carbonyl (C=O) groups is 2. The number of nitrogens with one attached hydrogen (secondary N) is 1. The molecule has 8 nitrogen and oxygen atoms in total. The van der Waals surface area contributed by atoms with Crippen LogP contribution in [0.1, 0.15) is 22.5 Å². The van der Waals surface area contributed by atoms with Gasteiger partial charge in [-0.05, 0) is 43.7 Å². The molecule has 2 N–H and O–H groups in total. The Morgan fingerprint density at radius 2 is 1.54 bits per heavy atom. The zero-order valence-electron chi connectivity index (χ0n) is 20.5. The number of anilines is 2. The van der Waals surface area contributed by atoms with Gasteiger partial charge in [-0.15, -0.1) is 0 Å². The fourth-order valence-corrected chi connectivity index (χ4v) is 4.91. The molecule has 3 aromatic carbocycles. The highest BCUT2D eigenvalue weighted by Gasteiger charge is 2.52. The van der Waals surface area contributed by atoms with Gasteiger partial charge in [-0.3, -0.25) is 15.0 Å². The first kappa shape index (κ1) is 24.1. The number of hydrogen-bond donors (Lipinski definition) is 2. The largest absolute Gasteiger partial charge is 0.478 e. The molecule has 0 bridgehead atoms. The molecule has 186 valence electrons. The molecule has 37 heavy (non-hydrogen) atoms. The number of benzene rings is 3. The highest BCUT2D eigenvalue weighted by atomic mass is 16.5. The zero-order valence-corrected chi connectivity index (χ0v) is 20.5. The Bertz CT molecular complexity index is 1420. The minimum absolute atomic E-state index is 0.0463. The van der Waals surface area contributed by atoms with Gasteiger partial charge < -0.3 is 9.84 Å². The van der Waals surface area contributed by atoms with Crippen LogP contribution in [0.3, 0.4) is 0 Å². The molecule has 0 radical (unpaired) electrons. The van der Waals surface area contributed by atoms with Gasteiger partial charge in [0.05, 0.1) is 12.2 Å². The summed E-state index contributed by atoms with van der Waals surface area (Å²) < 4.78 is 6.11. The van der Waals surface area contributed by atoms with Gasteiger partial charge in [-0.2, -0.15) is 0 Å². The lowest BCUT2D eigenvalue weighted by atomic mass is 9.77. The third-order valence-electron chi connectivity index (χ3n) is 6.38. The molecule has 1 amide bonds. The number of carbonyl (C=O) groups excluding carboxylic acids is 1. The van der Waals surface area contributed by atoms with Crippen molar-refractivity contribution < 1.29 is 19.4 Å². The summed E-state index contributed by atoms with van der Waals surface area (Å²) in [6.07, 6.45) is -1.51. The highest BCUT2D eigenvalue weighted by Crippen LogP contribution is 2.43. The van der Waals surface area contributed by atoms with Crippen molar-refractivity contribution in [1.82, 2.24) is 15.3 Å². The third kappa shape index (κ3) is 4.43. The number of nitrogens with zero attached hydrogens (tertiary/aromatic N) is 3. The summed E-state index contributed by atoms with van der Waals surface area (Å²) >= 11 is 0. The fraction of sp³-hybridized carbons (Fsp3) is 0.172. The molecule has 1 aliphatic rings. The number of carboxylic acids is 1. The van der Waals surface area contributed by atoms with E-state index in [1.54, 1.807) is 24.8 Å². The number of ether oxygens (including phenoxy) is 1. The van der Waals surface area contributed by atoms with Crippen molar-refractivity contribution in [2.45, 2.75) is 25.5 Å². The predicted octanol–water partition coefficient (Wildman–Crippen LogP) is 4.14. The molecule has 0 saturated heterocycles. The zero-order chi connectivity index (χ0) is 26.0. The Labute approximate surface area is 214 Å². The van der Waals surface area contributed by atoms with Crippen LogP contribution in [0.2, 0.25) is 0 Å². The van der Waals surface area contributed by atoms with Crippen molar-refractivity contribution in [2.24, 2.45) is 0 Å². The minimum Gasteiger partial charge on any atom is -0.478 e. The average molecular weight is 495 g/mol. The van der Waals surface area contributed by atoms with E-state index in [9.17, 15) is 14.7 Å². The third-order valence-corrected chi connectivity index (χ3v) is 6.38. The molecule has 0 saturated carbocycles. The summed E-state index contributed by atoms with van der Waals surface area (Å²) in [5, 5.41) is 13.9. The van der Waals surface area contributed by atoms with Crippen LogP contribution in [0, 0.1) is 13.8 Å². The second kappa shape index (κ2) is 9.83. The maximum Gasteiger partial charge on any atom is 0.347 e. The summed E-state index contributed by atoms with van der Waals surface area (Å²) in [7, 11) is 0. The molecule has 2 atom stereocenters. The predicted molar refractivity (Wildman–Crippen MR) is 139 cm³/mol. The average Bonchev–Trinajstić information content (AvgIpc) is 3.02. The number of hydrogen-bond acceptors (Lipinski definition) is 6. The number of aryl methyl sites for hydroxylation is 2. The van der Waals surface area contributed by atoms with Crippen molar-refractivity contribution >= 4 is 23.3 Å². The molecule has 8 heteroatoms. The van der Waals surface area contributed by atoms with Gasteiger partial charge in [-0.25, -0.2) is 14.8 Å². The molecule has 5 rings (SSSR count). The minimum atomic E-state index is -1.51. The van der Waals surface area contributed by atoms with Crippen LogP contribution in [0.5, 0.6) is 6.01 Å². The molecule has 0 aliphatic carbocycles. The normalized spacial score (nSPS) is 18.0. The Morgan fingerprint density at radius 3 is 2.19 bits per heavy atom. The quantitative estimate of drug-likeness (QED) is 0.415. The van der Waals surface area contributed by atoms with E-state index in [1.807, 2.05) is 84.9 Å². The number of rotatable bonds is 6. The Morgan fingerprint density at radius 1 is 0.946 bits per heavy atom. The second-order valence-corrected chi connectivity index (χ2v) is 8.88. The first-order valence-electron chi connectivity index (χ1n) is 11.9.